The second kappa shape index (κ2) is 6.81. The van der Waals surface area contributed by atoms with Crippen molar-refractivity contribution in [3.05, 3.63) is 46.6 Å². The maximum atomic E-state index is 12.9. The van der Waals surface area contributed by atoms with Gasteiger partial charge in [-0.05, 0) is 43.0 Å². The van der Waals surface area contributed by atoms with E-state index in [1.807, 2.05) is 0 Å². The van der Waals surface area contributed by atoms with E-state index in [1.165, 1.54) is 10.5 Å². The van der Waals surface area contributed by atoms with Crippen molar-refractivity contribution in [2.45, 2.75) is 30.5 Å². The number of imide groups is 1. The zero-order valence-corrected chi connectivity index (χ0v) is 16.4. The van der Waals surface area contributed by atoms with Crippen LogP contribution in [-0.4, -0.2) is 47.5 Å². The number of fused-ring (bicyclic) bond motifs is 1. The first-order chi connectivity index (χ1) is 12.9. The molecule has 7 nitrogen and oxygen atoms in total. The molecule has 4 rings (SSSR count). The van der Waals surface area contributed by atoms with Crippen LogP contribution < -0.4 is 0 Å². The molecule has 0 N–H and O–H groups in total. The smallest absolute Gasteiger partial charge is 0.268 e. The van der Waals surface area contributed by atoms with Gasteiger partial charge in [0.2, 0.25) is 0 Å². The fourth-order valence-corrected chi connectivity index (χ4v) is 6.58. The molecule has 0 bridgehead atoms. The third kappa shape index (κ3) is 3.19. The van der Waals surface area contributed by atoms with Gasteiger partial charge >= 0.3 is 0 Å². The van der Waals surface area contributed by atoms with Gasteiger partial charge < -0.3 is 0 Å². The molecule has 2 aliphatic rings. The summed E-state index contributed by atoms with van der Waals surface area (Å²) in [6.45, 7) is 3.16. The minimum atomic E-state index is -3.54. The molecule has 9 heteroatoms. The molecule has 0 unspecified atom stereocenters. The molecule has 0 aromatic carbocycles. The Kier molecular flexibility index (Phi) is 4.61. The highest BCUT2D eigenvalue weighted by Crippen LogP contribution is 2.30. The van der Waals surface area contributed by atoms with Gasteiger partial charge in [0.15, 0.2) is 0 Å². The fraction of sp³-hybridized carbons (Fsp3) is 0.389. The van der Waals surface area contributed by atoms with Crippen LogP contribution >= 0.6 is 11.3 Å². The fourth-order valence-electron chi connectivity index (χ4n) is 3.49. The number of thiophene rings is 1. The molecule has 1 fully saturated rings. The lowest BCUT2D eigenvalue weighted by Gasteiger charge is -2.29. The molecule has 2 aromatic heterocycles. The van der Waals surface area contributed by atoms with Gasteiger partial charge in [-0.2, -0.15) is 4.31 Å². The summed E-state index contributed by atoms with van der Waals surface area (Å²) < 4.78 is 27.5. The minimum Gasteiger partial charge on any atom is -0.268 e. The number of amides is 2. The maximum Gasteiger partial charge on any atom is 0.280 e. The average Bonchev–Trinajstić information content (AvgIpc) is 3.22. The Hall–Kier alpha value is -2.10. The summed E-state index contributed by atoms with van der Waals surface area (Å²) in [5.74, 6) is -0.497. The molecule has 2 aromatic rings. The van der Waals surface area contributed by atoms with E-state index >= 15 is 0 Å². The Morgan fingerprint density at radius 2 is 2.04 bits per heavy atom. The van der Waals surface area contributed by atoms with E-state index in [-0.39, 0.29) is 22.0 Å². The molecule has 1 saturated heterocycles. The van der Waals surface area contributed by atoms with Crippen LogP contribution in [-0.2, 0) is 16.6 Å². The van der Waals surface area contributed by atoms with E-state index in [0.29, 0.717) is 23.9 Å². The first-order valence-electron chi connectivity index (χ1n) is 8.78. The van der Waals surface area contributed by atoms with Crippen molar-refractivity contribution in [1.82, 2.24) is 14.2 Å². The Bertz CT molecular complexity index is 980. The van der Waals surface area contributed by atoms with E-state index in [0.717, 1.165) is 29.1 Å². The van der Waals surface area contributed by atoms with E-state index in [4.69, 9.17) is 0 Å². The van der Waals surface area contributed by atoms with Gasteiger partial charge in [-0.25, -0.2) is 8.42 Å². The zero-order chi connectivity index (χ0) is 19.2. The number of carbonyl (C=O) groups excluding carboxylic acids is 2. The number of sulfonamides is 1. The number of carbonyl (C=O) groups is 2. The number of hydrogen-bond donors (Lipinski definition) is 0. The number of aromatic nitrogens is 1. The van der Waals surface area contributed by atoms with Crippen LogP contribution in [0.2, 0.25) is 0 Å². The first kappa shape index (κ1) is 18.3. The van der Waals surface area contributed by atoms with Crippen LogP contribution in [0.25, 0.3) is 0 Å². The summed E-state index contributed by atoms with van der Waals surface area (Å²) in [4.78, 5) is 30.6. The van der Waals surface area contributed by atoms with Crippen molar-refractivity contribution in [2.24, 2.45) is 5.92 Å². The van der Waals surface area contributed by atoms with Crippen LogP contribution in [0.5, 0.6) is 0 Å². The zero-order valence-electron chi connectivity index (χ0n) is 14.8. The predicted octanol–water partition coefficient (Wildman–Crippen LogP) is 2.36. The van der Waals surface area contributed by atoms with Crippen molar-refractivity contribution in [3.8, 4) is 0 Å². The van der Waals surface area contributed by atoms with Crippen LogP contribution in [0.1, 0.15) is 45.5 Å². The lowest BCUT2D eigenvalue weighted by atomic mass is 10.0. The van der Waals surface area contributed by atoms with Crippen molar-refractivity contribution in [2.75, 3.05) is 13.1 Å². The van der Waals surface area contributed by atoms with E-state index in [2.05, 4.69) is 11.9 Å². The standard InChI is InChI=1S/C18H19N3O4S2/c1-12-4-3-9-20(10-12)27(24,25)15-7-6-13(26-15)11-21-17(22)14-5-2-8-19-16(14)18(21)23/h2,5-8,12H,3-4,9-11H2,1H3/t12-/m0/s1. The molecule has 4 heterocycles. The maximum absolute atomic E-state index is 12.9. The van der Waals surface area contributed by atoms with Crippen LogP contribution in [0, 0.1) is 5.92 Å². The second-order valence-corrected chi connectivity index (χ2v) is 10.3. The quantitative estimate of drug-likeness (QED) is 0.729. The molecule has 1 atom stereocenters. The van der Waals surface area contributed by atoms with Gasteiger partial charge in [-0.1, -0.05) is 6.92 Å². The summed E-state index contributed by atoms with van der Waals surface area (Å²) in [6.07, 6.45) is 3.37. The Labute approximate surface area is 161 Å². The van der Waals surface area contributed by atoms with Crippen molar-refractivity contribution in [3.63, 3.8) is 0 Å². The van der Waals surface area contributed by atoms with Crippen LogP contribution in [0.3, 0.4) is 0 Å². The monoisotopic (exact) mass is 405 g/mol. The number of hydrogen-bond acceptors (Lipinski definition) is 6. The molecule has 27 heavy (non-hydrogen) atoms. The molecule has 0 saturated carbocycles. The highest BCUT2D eigenvalue weighted by molar-refractivity contribution is 7.91. The van der Waals surface area contributed by atoms with Crippen LogP contribution in [0.15, 0.2) is 34.7 Å². The average molecular weight is 406 g/mol. The highest BCUT2D eigenvalue weighted by atomic mass is 32.2. The number of piperidine rings is 1. The second-order valence-electron chi connectivity index (χ2n) is 6.93. The van der Waals surface area contributed by atoms with Gasteiger partial charge in [-0.15, -0.1) is 11.3 Å². The normalized spacial score (nSPS) is 20.9. The van der Waals surface area contributed by atoms with Crippen molar-refractivity contribution >= 4 is 33.2 Å². The molecular weight excluding hydrogens is 386 g/mol. The summed E-state index contributed by atoms with van der Waals surface area (Å²) in [5.41, 5.74) is 0.434. The Balaban J connectivity index is 1.54. The van der Waals surface area contributed by atoms with E-state index in [1.54, 1.807) is 24.3 Å². The predicted molar refractivity (Wildman–Crippen MR) is 99.9 cm³/mol. The summed E-state index contributed by atoms with van der Waals surface area (Å²) in [5, 5.41) is 0. The molecule has 0 aliphatic carbocycles. The number of pyridine rings is 1. The summed E-state index contributed by atoms with van der Waals surface area (Å²) in [7, 11) is -3.54. The topological polar surface area (TPSA) is 87.7 Å². The van der Waals surface area contributed by atoms with Gasteiger partial charge in [0.1, 0.15) is 9.90 Å². The van der Waals surface area contributed by atoms with Crippen molar-refractivity contribution < 1.29 is 18.0 Å². The summed E-state index contributed by atoms with van der Waals surface area (Å²) >= 11 is 1.11. The van der Waals surface area contributed by atoms with Gasteiger partial charge in [0.05, 0.1) is 12.1 Å². The Morgan fingerprint density at radius 3 is 2.78 bits per heavy atom. The third-order valence-electron chi connectivity index (χ3n) is 4.90. The molecule has 0 spiro atoms. The lowest BCUT2D eigenvalue weighted by Crippen LogP contribution is -2.38. The first-order valence-corrected chi connectivity index (χ1v) is 11.0. The molecule has 142 valence electrons. The van der Waals surface area contributed by atoms with E-state index < -0.39 is 21.8 Å². The lowest BCUT2D eigenvalue weighted by molar-refractivity contribution is 0.0642. The largest absolute Gasteiger partial charge is 0.280 e. The molecular formula is C18H19N3O4S2. The van der Waals surface area contributed by atoms with Gasteiger partial charge in [-0.3, -0.25) is 19.5 Å². The van der Waals surface area contributed by atoms with Gasteiger partial charge in [0, 0.05) is 24.2 Å². The van der Waals surface area contributed by atoms with E-state index in [9.17, 15) is 18.0 Å². The number of nitrogens with zero attached hydrogens (tertiary/aromatic N) is 3. The van der Waals surface area contributed by atoms with Gasteiger partial charge in [0.25, 0.3) is 21.8 Å². The third-order valence-corrected chi connectivity index (χ3v) is 8.30. The van der Waals surface area contributed by atoms with Crippen molar-refractivity contribution in [1.29, 1.82) is 0 Å². The summed E-state index contributed by atoms with van der Waals surface area (Å²) in [6, 6.07) is 6.42. The SMILES string of the molecule is C[C@H]1CCCN(S(=O)(=O)c2ccc(CN3C(=O)c4cccnc4C3=O)s2)C1. The molecule has 2 amide bonds. The highest BCUT2D eigenvalue weighted by Gasteiger charge is 2.37. The Morgan fingerprint density at radius 1 is 1.22 bits per heavy atom. The molecule has 2 aliphatic heterocycles. The molecule has 0 radical (unpaired) electrons. The number of rotatable bonds is 4. The van der Waals surface area contributed by atoms with Crippen LogP contribution in [0.4, 0.5) is 0 Å². The minimum absolute atomic E-state index is 0.0462.